The maximum Gasteiger partial charge on any atom is 0.0839 e. The third-order valence-electron chi connectivity index (χ3n) is 2.66. The van der Waals surface area contributed by atoms with Crippen LogP contribution in [0.3, 0.4) is 0 Å². The molecule has 0 saturated carbocycles. The zero-order valence-electron chi connectivity index (χ0n) is 9.75. The third kappa shape index (κ3) is 3.08. The summed E-state index contributed by atoms with van der Waals surface area (Å²) in [6.07, 6.45) is 0.657. The van der Waals surface area contributed by atoms with Gasteiger partial charge in [0, 0.05) is 17.9 Å². The average Bonchev–Trinajstić information content (AvgIpc) is 2.42. The highest BCUT2D eigenvalue weighted by Gasteiger charge is 2.07. The Bertz CT molecular complexity index is 388. The molecule has 1 radical (unpaired) electrons. The zero-order valence-corrected chi connectivity index (χ0v) is 9.75. The summed E-state index contributed by atoms with van der Waals surface area (Å²) in [5.41, 5.74) is 2.26. The molecule has 0 bridgehead atoms. The first-order chi connectivity index (χ1) is 8.42. The first-order valence-corrected chi connectivity index (χ1v) is 5.87. The topological polar surface area (TPSA) is 23.1 Å². The molecule has 2 rings (SSSR count). The fourth-order valence-electron chi connectivity index (χ4n) is 1.85. The normalized spacial score (nSPS) is 10.2. The third-order valence-corrected chi connectivity index (χ3v) is 2.66. The van der Waals surface area contributed by atoms with Crippen LogP contribution in [0.5, 0.6) is 0 Å². The van der Waals surface area contributed by atoms with Crippen molar-refractivity contribution >= 4 is 11.4 Å². The van der Waals surface area contributed by atoms with E-state index in [2.05, 4.69) is 29.2 Å². The van der Waals surface area contributed by atoms with Crippen LogP contribution in [-0.4, -0.2) is 13.2 Å². The molecule has 2 heteroatoms. The maximum atomic E-state index is 10.7. The number of nitrogens with zero attached hydrogens (tertiary/aromatic N) is 1. The lowest BCUT2D eigenvalue weighted by molar-refractivity contribution is 0.191. The first-order valence-electron chi connectivity index (χ1n) is 5.87. The summed E-state index contributed by atoms with van der Waals surface area (Å²) in [6, 6.07) is 20.3. The van der Waals surface area contributed by atoms with E-state index in [1.54, 1.807) is 0 Å². The van der Waals surface area contributed by atoms with Gasteiger partial charge in [0.2, 0.25) is 0 Å². The number of benzene rings is 2. The highest BCUT2D eigenvalue weighted by atomic mass is 16.3. The van der Waals surface area contributed by atoms with E-state index in [-0.39, 0.29) is 6.61 Å². The summed E-state index contributed by atoms with van der Waals surface area (Å²) in [6.45, 7) is 0.730. The molecule has 0 atom stereocenters. The molecular formula is C15H16NO. The second kappa shape index (κ2) is 6.06. The molecule has 2 aromatic rings. The van der Waals surface area contributed by atoms with Crippen molar-refractivity contribution in [1.29, 1.82) is 0 Å². The second-order valence-electron chi connectivity index (χ2n) is 3.88. The van der Waals surface area contributed by atoms with Gasteiger partial charge in [0.05, 0.1) is 6.61 Å². The molecule has 0 fully saturated rings. The van der Waals surface area contributed by atoms with Gasteiger partial charge in [0.15, 0.2) is 0 Å². The molecule has 17 heavy (non-hydrogen) atoms. The lowest BCUT2D eigenvalue weighted by Crippen LogP contribution is -2.18. The largest absolute Gasteiger partial charge is 0.341 e. The molecule has 2 nitrogen and oxygen atoms in total. The minimum absolute atomic E-state index is 0.0316. The van der Waals surface area contributed by atoms with E-state index >= 15 is 0 Å². The van der Waals surface area contributed by atoms with Crippen LogP contribution >= 0.6 is 0 Å². The Labute approximate surface area is 102 Å². The summed E-state index contributed by atoms with van der Waals surface area (Å²) in [4.78, 5) is 2.18. The van der Waals surface area contributed by atoms with E-state index in [1.165, 1.54) is 0 Å². The van der Waals surface area contributed by atoms with Crippen LogP contribution in [0.2, 0.25) is 0 Å². The molecule has 0 saturated heterocycles. The predicted octanol–water partition coefficient (Wildman–Crippen LogP) is 3.65. The molecule has 0 spiro atoms. The molecule has 2 aromatic carbocycles. The van der Waals surface area contributed by atoms with Gasteiger partial charge >= 0.3 is 0 Å². The number of para-hydroxylation sites is 2. The van der Waals surface area contributed by atoms with Crippen LogP contribution in [0, 0.1) is 0 Å². The van der Waals surface area contributed by atoms with Crippen LogP contribution in [0.25, 0.3) is 0 Å². The number of hydrogen-bond donors (Lipinski definition) is 0. The van der Waals surface area contributed by atoms with Gasteiger partial charge in [0.25, 0.3) is 0 Å². The van der Waals surface area contributed by atoms with Crippen molar-refractivity contribution in [1.82, 2.24) is 0 Å². The fraction of sp³-hybridized carbons (Fsp3) is 0.200. The van der Waals surface area contributed by atoms with Gasteiger partial charge in [-0.3, -0.25) is 0 Å². The van der Waals surface area contributed by atoms with E-state index in [4.69, 9.17) is 0 Å². The standard InChI is InChI=1S/C15H16NO/c17-13-7-12-16(14-8-3-1-4-9-14)15-10-5-2-6-11-15/h1-6,8-11H,7,12-13H2. The minimum atomic E-state index is -0.0316. The molecule has 87 valence electrons. The van der Waals surface area contributed by atoms with E-state index < -0.39 is 0 Å². The highest BCUT2D eigenvalue weighted by Crippen LogP contribution is 2.24. The predicted molar refractivity (Wildman–Crippen MR) is 70.1 cm³/mol. The van der Waals surface area contributed by atoms with Crippen molar-refractivity contribution in [3.05, 3.63) is 60.7 Å². The van der Waals surface area contributed by atoms with Gasteiger partial charge in [-0.25, -0.2) is 5.11 Å². The lowest BCUT2D eigenvalue weighted by atomic mass is 10.2. The smallest absolute Gasteiger partial charge is 0.0839 e. The highest BCUT2D eigenvalue weighted by molar-refractivity contribution is 5.62. The molecular weight excluding hydrogens is 210 g/mol. The van der Waals surface area contributed by atoms with Gasteiger partial charge in [-0.15, -0.1) is 0 Å². The zero-order chi connectivity index (χ0) is 11.9. The summed E-state index contributed by atoms with van der Waals surface area (Å²) < 4.78 is 0. The Morgan fingerprint density at radius 1 is 0.765 bits per heavy atom. The number of anilines is 2. The van der Waals surface area contributed by atoms with Crippen molar-refractivity contribution in [3.8, 4) is 0 Å². The number of hydrogen-bond acceptors (Lipinski definition) is 1. The van der Waals surface area contributed by atoms with E-state index in [9.17, 15) is 5.11 Å². The minimum Gasteiger partial charge on any atom is -0.341 e. The van der Waals surface area contributed by atoms with Gasteiger partial charge in [-0.05, 0) is 30.7 Å². The van der Waals surface area contributed by atoms with E-state index in [1.807, 2.05) is 36.4 Å². The summed E-state index contributed by atoms with van der Waals surface area (Å²) in [5, 5.41) is 10.7. The summed E-state index contributed by atoms with van der Waals surface area (Å²) in [7, 11) is 0. The average molecular weight is 226 g/mol. The van der Waals surface area contributed by atoms with E-state index in [0.29, 0.717) is 6.42 Å². The monoisotopic (exact) mass is 226 g/mol. The van der Waals surface area contributed by atoms with Crippen LogP contribution in [-0.2, 0) is 5.11 Å². The van der Waals surface area contributed by atoms with Crippen molar-refractivity contribution < 1.29 is 5.11 Å². The van der Waals surface area contributed by atoms with Crippen LogP contribution in [0.15, 0.2) is 60.7 Å². The Morgan fingerprint density at radius 3 is 1.65 bits per heavy atom. The Hall–Kier alpha value is -1.80. The molecule has 0 aromatic heterocycles. The molecule has 0 heterocycles. The molecule has 0 aliphatic heterocycles. The maximum absolute atomic E-state index is 10.7. The van der Waals surface area contributed by atoms with Gasteiger partial charge in [-0.1, -0.05) is 36.4 Å². The lowest BCUT2D eigenvalue weighted by Gasteiger charge is -2.24. The summed E-state index contributed by atoms with van der Waals surface area (Å²) in [5.74, 6) is 0. The molecule has 0 aliphatic rings. The van der Waals surface area contributed by atoms with Gasteiger partial charge in [-0.2, -0.15) is 0 Å². The van der Waals surface area contributed by atoms with Crippen LogP contribution in [0.4, 0.5) is 11.4 Å². The van der Waals surface area contributed by atoms with Gasteiger partial charge < -0.3 is 4.90 Å². The second-order valence-corrected chi connectivity index (χ2v) is 3.88. The molecule has 0 unspecified atom stereocenters. The fourth-order valence-corrected chi connectivity index (χ4v) is 1.85. The van der Waals surface area contributed by atoms with Crippen molar-refractivity contribution in [2.75, 3.05) is 18.1 Å². The number of rotatable bonds is 5. The SMILES string of the molecule is [O]CCCN(c1ccccc1)c1ccccc1. The van der Waals surface area contributed by atoms with E-state index in [0.717, 1.165) is 17.9 Å². The molecule has 0 aliphatic carbocycles. The Morgan fingerprint density at radius 2 is 1.24 bits per heavy atom. The first kappa shape index (κ1) is 11.7. The quantitative estimate of drug-likeness (QED) is 0.763. The Balaban J connectivity index is 2.26. The Kier molecular flexibility index (Phi) is 4.17. The van der Waals surface area contributed by atoms with Crippen molar-refractivity contribution in [3.63, 3.8) is 0 Å². The molecule has 0 amide bonds. The molecule has 0 N–H and O–H groups in total. The van der Waals surface area contributed by atoms with Crippen LogP contribution in [0.1, 0.15) is 6.42 Å². The van der Waals surface area contributed by atoms with Crippen LogP contribution < -0.4 is 4.90 Å². The van der Waals surface area contributed by atoms with Gasteiger partial charge in [0.1, 0.15) is 0 Å². The van der Waals surface area contributed by atoms with Crippen molar-refractivity contribution in [2.24, 2.45) is 0 Å². The summed E-state index contributed by atoms with van der Waals surface area (Å²) >= 11 is 0. The van der Waals surface area contributed by atoms with Crippen molar-refractivity contribution in [2.45, 2.75) is 6.42 Å².